The first-order valence-corrected chi connectivity index (χ1v) is 8.04. The zero-order valence-corrected chi connectivity index (χ0v) is 14.3. The van der Waals surface area contributed by atoms with Gasteiger partial charge in [0.2, 0.25) is 0 Å². The van der Waals surface area contributed by atoms with Crippen LogP contribution in [0.3, 0.4) is 0 Å². The number of aromatic carboxylic acids is 1. The maximum absolute atomic E-state index is 11.9. The summed E-state index contributed by atoms with van der Waals surface area (Å²) in [5.41, 5.74) is 1.94. The lowest BCUT2D eigenvalue weighted by atomic mass is 10.1. The first-order chi connectivity index (χ1) is 12.0. The number of para-hydroxylation sites is 1. The normalized spacial score (nSPS) is 10.4. The van der Waals surface area contributed by atoms with Crippen molar-refractivity contribution in [3.8, 4) is 5.75 Å². The standard InChI is InChI=1S/C19H22N2O4/c1-13(2)25-17-6-4-3-5-16(17)12-21-19(24)20-11-14-7-9-15(10-8-14)18(22)23/h3-10,13H,11-12H2,1-2H3,(H,22,23)(H2,20,21,24). The average Bonchev–Trinajstić information content (AvgIpc) is 2.59. The highest BCUT2D eigenvalue weighted by atomic mass is 16.5. The summed E-state index contributed by atoms with van der Waals surface area (Å²) in [6, 6.07) is 13.6. The molecule has 0 aliphatic heterocycles. The summed E-state index contributed by atoms with van der Waals surface area (Å²) in [5, 5.41) is 14.4. The van der Waals surface area contributed by atoms with E-state index in [1.54, 1.807) is 12.1 Å². The minimum atomic E-state index is -0.973. The molecular weight excluding hydrogens is 320 g/mol. The summed E-state index contributed by atoms with van der Waals surface area (Å²) in [6.45, 7) is 4.57. The van der Waals surface area contributed by atoms with Crippen LogP contribution in [0.1, 0.15) is 35.3 Å². The van der Waals surface area contributed by atoms with Gasteiger partial charge in [0, 0.05) is 18.7 Å². The van der Waals surface area contributed by atoms with Crippen molar-refractivity contribution >= 4 is 12.0 Å². The van der Waals surface area contributed by atoms with E-state index in [1.807, 2.05) is 38.1 Å². The van der Waals surface area contributed by atoms with E-state index in [9.17, 15) is 9.59 Å². The van der Waals surface area contributed by atoms with Gasteiger partial charge < -0.3 is 20.5 Å². The highest BCUT2D eigenvalue weighted by Crippen LogP contribution is 2.19. The van der Waals surface area contributed by atoms with Crippen molar-refractivity contribution in [3.63, 3.8) is 0 Å². The number of hydrogen-bond acceptors (Lipinski definition) is 3. The van der Waals surface area contributed by atoms with Crippen molar-refractivity contribution in [2.75, 3.05) is 0 Å². The Balaban J connectivity index is 1.84. The number of carboxylic acid groups (broad SMARTS) is 1. The van der Waals surface area contributed by atoms with Gasteiger partial charge in [-0.3, -0.25) is 0 Å². The van der Waals surface area contributed by atoms with Gasteiger partial charge in [-0.25, -0.2) is 9.59 Å². The van der Waals surface area contributed by atoms with E-state index < -0.39 is 5.97 Å². The molecule has 0 atom stereocenters. The second kappa shape index (κ2) is 8.73. The van der Waals surface area contributed by atoms with E-state index in [-0.39, 0.29) is 17.7 Å². The Morgan fingerprint density at radius 3 is 2.28 bits per heavy atom. The Morgan fingerprint density at radius 1 is 1.00 bits per heavy atom. The topological polar surface area (TPSA) is 87.7 Å². The van der Waals surface area contributed by atoms with E-state index in [0.29, 0.717) is 13.1 Å². The third-order valence-corrected chi connectivity index (χ3v) is 3.43. The fraction of sp³-hybridized carbons (Fsp3) is 0.263. The molecule has 0 aliphatic rings. The number of urea groups is 1. The molecule has 2 aromatic rings. The van der Waals surface area contributed by atoms with Gasteiger partial charge in [-0.15, -0.1) is 0 Å². The average molecular weight is 342 g/mol. The first-order valence-electron chi connectivity index (χ1n) is 8.04. The highest BCUT2D eigenvalue weighted by Gasteiger charge is 2.07. The zero-order chi connectivity index (χ0) is 18.2. The van der Waals surface area contributed by atoms with Gasteiger partial charge in [0.05, 0.1) is 11.7 Å². The van der Waals surface area contributed by atoms with Crippen molar-refractivity contribution in [2.45, 2.75) is 33.0 Å². The van der Waals surface area contributed by atoms with Gasteiger partial charge in [0.15, 0.2) is 0 Å². The molecule has 0 saturated heterocycles. The molecule has 132 valence electrons. The van der Waals surface area contributed by atoms with Crippen LogP contribution >= 0.6 is 0 Å². The maximum Gasteiger partial charge on any atom is 0.335 e. The molecule has 0 aromatic heterocycles. The van der Waals surface area contributed by atoms with E-state index in [4.69, 9.17) is 9.84 Å². The third-order valence-electron chi connectivity index (χ3n) is 3.43. The van der Waals surface area contributed by atoms with Gasteiger partial charge in [0.1, 0.15) is 5.75 Å². The van der Waals surface area contributed by atoms with E-state index in [2.05, 4.69) is 10.6 Å². The fourth-order valence-corrected chi connectivity index (χ4v) is 2.20. The highest BCUT2D eigenvalue weighted by molar-refractivity contribution is 5.87. The number of carboxylic acids is 1. The molecule has 3 N–H and O–H groups in total. The monoisotopic (exact) mass is 342 g/mol. The molecule has 2 rings (SSSR count). The van der Waals surface area contributed by atoms with Crippen LogP contribution in [0.15, 0.2) is 48.5 Å². The van der Waals surface area contributed by atoms with Crippen molar-refractivity contribution in [1.82, 2.24) is 10.6 Å². The molecule has 0 saturated carbocycles. The summed E-state index contributed by atoms with van der Waals surface area (Å²) in [7, 11) is 0. The molecule has 6 nitrogen and oxygen atoms in total. The number of carbonyl (C=O) groups excluding carboxylic acids is 1. The second-order valence-electron chi connectivity index (χ2n) is 5.81. The predicted octanol–water partition coefficient (Wildman–Crippen LogP) is 3.17. The first kappa shape index (κ1) is 18.3. The summed E-state index contributed by atoms with van der Waals surface area (Å²) >= 11 is 0. The van der Waals surface area contributed by atoms with Crippen molar-refractivity contribution in [2.24, 2.45) is 0 Å². The Kier molecular flexibility index (Phi) is 6.39. The second-order valence-corrected chi connectivity index (χ2v) is 5.81. The van der Waals surface area contributed by atoms with E-state index >= 15 is 0 Å². The fourth-order valence-electron chi connectivity index (χ4n) is 2.20. The number of hydrogen-bond donors (Lipinski definition) is 3. The summed E-state index contributed by atoms with van der Waals surface area (Å²) in [5.74, 6) is -0.221. The van der Waals surface area contributed by atoms with Crippen LogP contribution in [-0.4, -0.2) is 23.2 Å². The maximum atomic E-state index is 11.9. The van der Waals surface area contributed by atoms with E-state index in [0.717, 1.165) is 16.9 Å². The molecule has 0 radical (unpaired) electrons. The predicted molar refractivity (Wildman–Crippen MR) is 94.7 cm³/mol. The minimum Gasteiger partial charge on any atom is -0.491 e. The van der Waals surface area contributed by atoms with Crippen molar-refractivity contribution in [1.29, 1.82) is 0 Å². The van der Waals surface area contributed by atoms with Gasteiger partial charge in [-0.2, -0.15) is 0 Å². The molecule has 0 heterocycles. The van der Waals surface area contributed by atoms with Gasteiger partial charge in [-0.05, 0) is 37.6 Å². The lowest BCUT2D eigenvalue weighted by Crippen LogP contribution is -2.34. The molecule has 0 bridgehead atoms. The number of nitrogens with one attached hydrogen (secondary N) is 2. The number of amides is 2. The molecule has 0 fully saturated rings. The Labute approximate surface area is 146 Å². The Morgan fingerprint density at radius 2 is 1.64 bits per heavy atom. The molecular formula is C19H22N2O4. The van der Waals surface area contributed by atoms with Crippen molar-refractivity contribution < 1.29 is 19.4 Å². The zero-order valence-electron chi connectivity index (χ0n) is 14.3. The summed E-state index contributed by atoms with van der Waals surface area (Å²) in [6.07, 6.45) is 0.0590. The third kappa shape index (κ3) is 5.84. The quantitative estimate of drug-likeness (QED) is 0.721. The largest absolute Gasteiger partial charge is 0.491 e. The Bertz CT molecular complexity index is 726. The SMILES string of the molecule is CC(C)Oc1ccccc1CNC(=O)NCc1ccc(C(=O)O)cc1. The molecule has 2 aromatic carbocycles. The van der Waals surface area contributed by atoms with Crippen LogP contribution in [-0.2, 0) is 13.1 Å². The molecule has 2 amide bonds. The van der Waals surface area contributed by atoms with E-state index in [1.165, 1.54) is 12.1 Å². The molecule has 0 spiro atoms. The van der Waals surface area contributed by atoms with Crippen molar-refractivity contribution in [3.05, 3.63) is 65.2 Å². The summed E-state index contributed by atoms with van der Waals surface area (Å²) in [4.78, 5) is 22.7. The summed E-state index contributed by atoms with van der Waals surface area (Å²) < 4.78 is 5.72. The smallest absolute Gasteiger partial charge is 0.335 e. The number of benzene rings is 2. The van der Waals surface area contributed by atoms with Crippen LogP contribution in [0.4, 0.5) is 4.79 Å². The van der Waals surface area contributed by atoms with Crippen LogP contribution in [0.5, 0.6) is 5.75 Å². The van der Waals surface area contributed by atoms with Crippen LogP contribution in [0, 0.1) is 0 Å². The van der Waals surface area contributed by atoms with Gasteiger partial charge in [-0.1, -0.05) is 30.3 Å². The van der Waals surface area contributed by atoms with Gasteiger partial charge >= 0.3 is 12.0 Å². The lowest BCUT2D eigenvalue weighted by molar-refractivity contribution is 0.0697. The molecule has 0 unspecified atom stereocenters. The van der Waals surface area contributed by atoms with Crippen LogP contribution in [0.2, 0.25) is 0 Å². The molecule has 25 heavy (non-hydrogen) atoms. The van der Waals surface area contributed by atoms with Crippen LogP contribution < -0.4 is 15.4 Å². The number of rotatable bonds is 7. The number of carbonyl (C=O) groups is 2. The number of ether oxygens (including phenoxy) is 1. The van der Waals surface area contributed by atoms with Gasteiger partial charge in [0.25, 0.3) is 0 Å². The molecule has 0 aliphatic carbocycles. The Hall–Kier alpha value is -3.02. The lowest BCUT2D eigenvalue weighted by Gasteiger charge is -2.15. The molecule has 6 heteroatoms. The van der Waals surface area contributed by atoms with Crippen LogP contribution in [0.25, 0.3) is 0 Å². The minimum absolute atomic E-state index is 0.0590.